The van der Waals surface area contributed by atoms with Gasteiger partial charge >= 0.3 is 0 Å². The van der Waals surface area contributed by atoms with E-state index < -0.39 is 0 Å². The molecule has 0 heterocycles. The van der Waals surface area contributed by atoms with E-state index in [2.05, 4.69) is 12.1 Å². The molecule has 0 saturated carbocycles. The van der Waals surface area contributed by atoms with Crippen LogP contribution < -0.4 is 11.5 Å². The summed E-state index contributed by atoms with van der Waals surface area (Å²) in [5.74, 6) is 0. The van der Waals surface area contributed by atoms with Crippen LogP contribution in [0.3, 0.4) is 0 Å². The standard InChI is InChI=1S/C18H18N4O.ClH/c19-9-13-1-5-15(6-2-13)17(21)11-23-12-18(22)16-7-3-14(10-20)4-8-16;/h1-8,17-18H,11-12,21-22H2;1H. The second kappa shape index (κ2) is 9.67. The van der Waals surface area contributed by atoms with E-state index in [0.29, 0.717) is 24.3 Å². The smallest absolute Gasteiger partial charge is 0.0991 e. The van der Waals surface area contributed by atoms with Crippen molar-refractivity contribution in [1.82, 2.24) is 0 Å². The molecule has 2 unspecified atom stereocenters. The topological polar surface area (TPSA) is 109 Å². The minimum Gasteiger partial charge on any atom is -0.378 e. The Kier molecular flexibility index (Phi) is 7.91. The number of hydrogen-bond donors (Lipinski definition) is 2. The molecule has 2 rings (SSSR count). The first-order chi connectivity index (χ1) is 11.1. The van der Waals surface area contributed by atoms with Crippen LogP contribution in [0.4, 0.5) is 0 Å². The van der Waals surface area contributed by atoms with Crippen molar-refractivity contribution in [2.24, 2.45) is 11.5 Å². The number of ether oxygens (including phenoxy) is 1. The van der Waals surface area contributed by atoms with Gasteiger partial charge in [0.2, 0.25) is 0 Å². The Hall–Kier alpha value is -2.41. The maximum atomic E-state index is 8.77. The molecule has 24 heavy (non-hydrogen) atoms. The molecule has 0 aromatic heterocycles. The lowest BCUT2D eigenvalue weighted by molar-refractivity contribution is 0.109. The minimum atomic E-state index is -0.268. The van der Waals surface area contributed by atoms with E-state index in [-0.39, 0.29) is 24.5 Å². The number of nitriles is 2. The van der Waals surface area contributed by atoms with Crippen LogP contribution in [0.1, 0.15) is 34.3 Å². The number of nitrogens with zero attached hydrogens (tertiary/aromatic N) is 2. The van der Waals surface area contributed by atoms with Crippen LogP contribution >= 0.6 is 12.4 Å². The Bertz CT molecular complexity index is 653. The van der Waals surface area contributed by atoms with Gasteiger partial charge in [0.1, 0.15) is 0 Å². The van der Waals surface area contributed by atoms with Crippen molar-refractivity contribution in [3.63, 3.8) is 0 Å². The summed E-state index contributed by atoms with van der Waals surface area (Å²) in [4.78, 5) is 0. The Morgan fingerprint density at radius 3 is 1.38 bits per heavy atom. The molecule has 0 amide bonds. The third-order valence-corrected chi connectivity index (χ3v) is 3.53. The molecule has 0 bridgehead atoms. The van der Waals surface area contributed by atoms with Gasteiger partial charge < -0.3 is 16.2 Å². The fraction of sp³-hybridized carbons (Fsp3) is 0.222. The van der Waals surface area contributed by atoms with E-state index in [1.54, 1.807) is 24.3 Å². The SMILES string of the molecule is Cl.N#Cc1ccc(C(N)COCC(N)c2ccc(C#N)cc2)cc1. The van der Waals surface area contributed by atoms with Crippen LogP contribution in [-0.2, 0) is 4.74 Å². The van der Waals surface area contributed by atoms with Crippen molar-refractivity contribution in [3.05, 3.63) is 70.8 Å². The maximum Gasteiger partial charge on any atom is 0.0991 e. The van der Waals surface area contributed by atoms with Crippen molar-refractivity contribution < 1.29 is 4.74 Å². The molecular weight excluding hydrogens is 324 g/mol. The summed E-state index contributed by atoms with van der Waals surface area (Å²) in [6.45, 7) is 0.686. The zero-order valence-electron chi connectivity index (χ0n) is 13.1. The third kappa shape index (κ3) is 5.34. The van der Waals surface area contributed by atoms with E-state index in [0.717, 1.165) is 11.1 Å². The van der Waals surface area contributed by atoms with Gasteiger partial charge in [-0.25, -0.2) is 0 Å². The van der Waals surface area contributed by atoms with Gasteiger partial charge in [0.05, 0.1) is 48.6 Å². The van der Waals surface area contributed by atoms with Crippen LogP contribution in [0.25, 0.3) is 0 Å². The van der Waals surface area contributed by atoms with Gasteiger partial charge in [-0.1, -0.05) is 24.3 Å². The molecule has 0 aliphatic carbocycles. The third-order valence-electron chi connectivity index (χ3n) is 3.53. The fourth-order valence-corrected chi connectivity index (χ4v) is 2.12. The van der Waals surface area contributed by atoms with E-state index >= 15 is 0 Å². The first kappa shape index (κ1) is 19.6. The average molecular weight is 343 g/mol. The van der Waals surface area contributed by atoms with Crippen molar-refractivity contribution >= 4 is 12.4 Å². The Labute approximate surface area is 147 Å². The first-order valence-electron chi connectivity index (χ1n) is 7.23. The lowest BCUT2D eigenvalue weighted by Gasteiger charge is -2.16. The Morgan fingerprint density at radius 1 is 0.750 bits per heavy atom. The van der Waals surface area contributed by atoms with Crippen molar-refractivity contribution in [1.29, 1.82) is 10.5 Å². The first-order valence-corrected chi connectivity index (χ1v) is 7.23. The quantitative estimate of drug-likeness (QED) is 0.838. The average Bonchev–Trinajstić information content (AvgIpc) is 2.61. The van der Waals surface area contributed by atoms with Crippen molar-refractivity contribution in [2.45, 2.75) is 12.1 Å². The highest BCUT2D eigenvalue weighted by Crippen LogP contribution is 2.15. The summed E-state index contributed by atoms with van der Waals surface area (Å²) in [7, 11) is 0. The fourth-order valence-electron chi connectivity index (χ4n) is 2.12. The molecule has 2 aromatic carbocycles. The van der Waals surface area contributed by atoms with Gasteiger partial charge in [-0.3, -0.25) is 0 Å². The number of nitrogens with two attached hydrogens (primary N) is 2. The number of benzene rings is 2. The van der Waals surface area contributed by atoms with E-state index in [4.69, 9.17) is 26.7 Å². The predicted octanol–water partition coefficient (Wildman–Crippen LogP) is 2.57. The molecule has 5 nitrogen and oxygen atoms in total. The summed E-state index contributed by atoms with van der Waals surface area (Å²) >= 11 is 0. The summed E-state index contributed by atoms with van der Waals surface area (Å²) < 4.78 is 5.60. The maximum absolute atomic E-state index is 8.77. The lowest BCUT2D eigenvalue weighted by atomic mass is 10.1. The highest BCUT2D eigenvalue weighted by atomic mass is 35.5. The monoisotopic (exact) mass is 342 g/mol. The van der Waals surface area contributed by atoms with E-state index in [1.807, 2.05) is 24.3 Å². The molecule has 2 atom stereocenters. The summed E-state index contributed by atoms with van der Waals surface area (Å²) in [5.41, 5.74) is 15.2. The second-order valence-corrected chi connectivity index (χ2v) is 5.22. The van der Waals surface area contributed by atoms with Crippen LogP contribution in [0.5, 0.6) is 0 Å². The van der Waals surface area contributed by atoms with E-state index in [9.17, 15) is 0 Å². The molecule has 0 fully saturated rings. The largest absolute Gasteiger partial charge is 0.378 e. The molecule has 0 radical (unpaired) electrons. The van der Waals surface area contributed by atoms with Crippen LogP contribution in [0, 0.1) is 22.7 Å². The van der Waals surface area contributed by atoms with Gasteiger partial charge in [0.15, 0.2) is 0 Å². The summed E-state index contributed by atoms with van der Waals surface area (Å²) in [5, 5.41) is 17.5. The molecule has 0 aliphatic heterocycles. The normalized spacial score (nSPS) is 12.3. The van der Waals surface area contributed by atoms with E-state index in [1.165, 1.54) is 0 Å². The molecule has 2 aromatic rings. The van der Waals surface area contributed by atoms with Gasteiger partial charge in [-0.2, -0.15) is 10.5 Å². The molecule has 4 N–H and O–H groups in total. The van der Waals surface area contributed by atoms with Gasteiger partial charge in [-0.05, 0) is 35.4 Å². The molecule has 0 saturated heterocycles. The number of halogens is 1. The summed E-state index contributed by atoms with van der Waals surface area (Å²) in [6.07, 6.45) is 0. The van der Waals surface area contributed by atoms with Crippen molar-refractivity contribution in [2.75, 3.05) is 13.2 Å². The van der Waals surface area contributed by atoms with Gasteiger partial charge in [0, 0.05) is 0 Å². The second-order valence-electron chi connectivity index (χ2n) is 5.22. The van der Waals surface area contributed by atoms with Crippen LogP contribution in [0.2, 0.25) is 0 Å². The lowest BCUT2D eigenvalue weighted by Crippen LogP contribution is -2.22. The van der Waals surface area contributed by atoms with Gasteiger partial charge in [-0.15, -0.1) is 12.4 Å². The number of rotatable bonds is 6. The van der Waals surface area contributed by atoms with Crippen molar-refractivity contribution in [3.8, 4) is 12.1 Å². The molecule has 0 spiro atoms. The Morgan fingerprint density at radius 2 is 1.08 bits per heavy atom. The zero-order chi connectivity index (χ0) is 16.7. The van der Waals surface area contributed by atoms with Crippen LogP contribution in [-0.4, -0.2) is 13.2 Å². The van der Waals surface area contributed by atoms with Crippen LogP contribution in [0.15, 0.2) is 48.5 Å². The zero-order valence-corrected chi connectivity index (χ0v) is 13.9. The summed E-state index contributed by atoms with van der Waals surface area (Å²) in [6, 6.07) is 17.8. The highest BCUT2D eigenvalue weighted by molar-refractivity contribution is 5.85. The minimum absolute atomic E-state index is 0. The molecule has 6 heteroatoms. The van der Waals surface area contributed by atoms with Gasteiger partial charge in [0.25, 0.3) is 0 Å². The molecule has 124 valence electrons. The Balaban J connectivity index is 0.00000288. The molecular formula is C18H19ClN4O. The predicted molar refractivity (Wildman–Crippen MR) is 94.2 cm³/mol. The number of hydrogen-bond acceptors (Lipinski definition) is 5. The highest BCUT2D eigenvalue weighted by Gasteiger charge is 2.10. The molecule has 0 aliphatic rings.